The molecular weight excluding hydrogens is 829 g/mol. The van der Waals surface area contributed by atoms with E-state index >= 15 is 4.79 Å². The summed E-state index contributed by atoms with van der Waals surface area (Å²) in [4.78, 5) is 42.7. The van der Waals surface area contributed by atoms with E-state index in [-0.39, 0.29) is 54.2 Å². The average molecular weight is 905 g/mol. The van der Waals surface area contributed by atoms with Crippen molar-refractivity contribution in [2.24, 2.45) is 17.8 Å². The first kappa shape index (κ1) is 50.6. The summed E-state index contributed by atoms with van der Waals surface area (Å²) in [5, 5.41) is 12.0. The molecule has 1 spiro atoms. The lowest BCUT2D eigenvalue weighted by Crippen LogP contribution is -2.76. The monoisotopic (exact) mass is 905 g/mol. The zero-order valence-corrected chi connectivity index (χ0v) is 40.5. The zero-order chi connectivity index (χ0) is 46.8. The van der Waals surface area contributed by atoms with Crippen molar-refractivity contribution in [2.45, 2.75) is 155 Å². The smallest absolute Gasteiger partial charge is 0.330 e. The van der Waals surface area contributed by atoms with Gasteiger partial charge in [-0.15, -0.1) is 0 Å². The number of Topliss-reactive ketones (excluding diaryl/α,β-unsaturated/α-hetero) is 2. The van der Waals surface area contributed by atoms with Gasteiger partial charge in [-0.05, 0) is 99.1 Å². The molecule has 7 rings (SSSR count). The van der Waals surface area contributed by atoms with Crippen molar-refractivity contribution in [1.82, 2.24) is 0 Å². The van der Waals surface area contributed by atoms with Crippen LogP contribution in [0.5, 0.6) is 17.2 Å². The Labute approximate surface area is 387 Å². The number of phenols is 1. The number of allylic oxidation sites excluding steroid dienone is 4. The van der Waals surface area contributed by atoms with Crippen molar-refractivity contribution in [2.75, 3.05) is 59.5 Å². The van der Waals surface area contributed by atoms with Crippen LogP contribution in [0.3, 0.4) is 0 Å². The molecule has 6 atom stereocenters. The normalized spacial score (nSPS) is 26.6. The molecule has 3 aliphatic carbocycles. The lowest BCUT2D eigenvalue weighted by Gasteiger charge is -2.60. The Balaban J connectivity index is 1.07. The summed E-state index contributed by atoms with van der Waals surface area (Å²) in [5.74, 6) is -1.95. The number of ketones is 2. The van der Waals surface area contributed by atoms with E-state index in [4.69, 9.17) is 37.9 Å². The van der Waals surface area contributed by atoms with Crippen molar-refractivity contribution < 1.29 is 57.4 Å². The Hall–Kier alpha value is -3.81. The van der Waals surface area contributed by atoms with E-state index in [1.807, 2.05) is 46.8 Å². The molecule has 4 fully saturated rings. The molecule has 1 N–H and O–H groups in total. The molecule has 3 heterocycles. The summed E-state index contributed by atoms with van der Waals surface area (Å²) >= 11 is 0. The molecule has 1 aromatic carbocycles. The molecule has 360 valence electrons. The van der Waals surface area contributed by atoms with E-state index in [2.05, 4.69) is 32.9 Å². The largest absolute Gasteiger partial charge is 0.506 e. The minimum atomic E-state index is -1.56. The lowest BCUT2D eigenvalue weighted by molar-refractivity contribution is -0.199. The maximum Gasteiger partial charge on any atom is 0.330 e. The van der Waals surface area contributed by atoms with E-state index < -0.39 is 40.2 Å². The summed E-state index contributed by atoms with van der Waals surface area (Å²) in [5.41, 5.74) is -0.955. The Morgan fingerprint density at radius 3 is 2.09 bits per heavy atom. The standard InChI is InChI=1S/C53H76O12/c1-9-10-11-12-13-14-25-58-26-27-59-28-29-60-30-31-61-32-33-62-43(54)18-16-23-52-49(57)38-34-41-46(56)44-45(55)39-21-24-51(8,22-15-17-36(2)3)63-47(39)40(20-19-37(4)5)48(44)64-53(41,52)42(35-38)50(6,7)65-52/h16-19,21,24,38,41-42,55H,9-15,20,22-23,25-35H2,1-8H3/b18-16+/t38-,41?,42?,51-,52+,53-/m1/s1. The molecule has 6 aliphatic rings. The van der Waals surface area contributed by atoms with Crippen LogP contribution < -0.4 is 9.47 Å². The molecule has 3 saturated carbocycles. The molecule has 1 aromatic rings. The number of hydrogen-bond donors (Lipinski definition) is 1. The fourth-order valence-corrected chi connectivity index (χ4v) is 10.7. The molecular formula is C53H76O12. The number of ether oxygens (including phenoxy) is 8. The van der Waals surface area contributed by atoms with E-state index in [9.17, 15) is 14.7 Å². The van der Waals surface area contributed by atoms with Gasteiger partial charge < -0.3 is 43.0 Å². The molecule has 0 radical (unpaired) electrons. The van der Waals surface area contributed by atoms with Crippen LogP contribution in [0.25, 0.3) is 6.08 Å². The highest BCUT2D eigenvalue weighted by molar-refractivity contribution is 6.09. The molecule has 0 aromatic heterocycles. The van der Waals surface area contributed by atoms with Crippen LogP contribution in [0.1, 0.15) is 148 Å². The van der Waals surface area contributed by atoms with Gasteiger partial charge in [0.1, 0.15) is 35.0 Å². The molecule has 0 amide bonds. The predicted molar refractivity (Wildman–Crippen MR) is 250 cm³/mol. The summed E-state index contributed by atoms with van der Waals surface area (Å²) in [6.45, 7) is 20.1. The summed E-state index contributed by atoms with van der Waals surface area (Å²) in [6.07, 6.45) is 21.1. The molecule has 65 heavy (non-hydrogen) atoms. The number of carbonyl (C=O) groups excluding carboxylic acids is 3. The molecule has 2 unspecified atom stereocenters. The summed E-state index contributed by atoms with van der Waals surface area (Å²) < 4.78 is 48.8. The fourth-order valence-electron chi connectivity index (χ4n) is 10.7. The first-order chi connectivity index (χ1) is 31.1. The Morgan fingerprint density at radius 2 is 1.43 bits per heavy atom. The third-order valence-corrected chi connectivity index (χ3v) is 13.8. The van der Waals surface area contributed by atoms with Gasteiger partial charge in [0.15, 0.2) is 22.8 Å². The molecule has 12 nitrogen and oxygen atoms in total. The van der Waals surface area contributed by atoms with Crippen molar-refractivity contribution in [3.8, 4) is 17.2 Å². The Bertz CT molecular complexity index is 1970. The van der Waals surface area contributed by atoms with Gasteiger partial charge in [-0.1, -0.05) is 68.4 Å². The molecule has 12 heteroatoms. The number of phenolic OH excluding ortho intramolecular Hbond substituents is 1. The van der Waals surface area contributed by atoms with Crippen LogP contribution in [0, 0.1) is 17.8 Å². The highest BCUT2D eigenvalue weighted by Crippen LogP contribution is 2.70. The third-order valence-electron chi connectivity index (χ3n) is 13.8. The number of carbonyl (C=O) groups is 3. The predicted octanol–water partition coefficient (Wildman–Crippen LogP) is 9.81. The van der Waals surface area contributed by atoms with Crippen LogP contribution in [0.2, 0.25) is 0 Å². The summed E-state index contributed by atoms with van der Waals surface area (Å²) in [7, 11) is 0. The Kier molecular flexibility index (Phi) is 17.4. The third kappa shape index (κ3) is 11.2. The van der Waals surface area contributed by atoms with Gasteiger partial charge in [-0.2, -0.15) is 0 Å². The molecule has 3 aliphatic heterocycles. The van der Waals surface area contributed by atoms with Gasteiger partial charge in [0.25, 0.3) is 0 Å². The molecule has 4 bridgehead atoms. The summed E-state index contributed by atoms with van der Waals surface area (Å²) in [6, 6.07) is 0. The number of fused-ring (bicyclic) bond motifs is 2. The minimum absolute atomic E-state index is 0.00213. The first-order valence-electron chi connectivity index (χ1n) is 24.3. The van der Waals surface area contributed by atoms with Crippen molar-refractivity contribution >= 4 is 23.6 Å². The highest BCUT2D eigenvalue weighted by Gasteiger charge is 2.83. The zero-order valence-electron chi connectivity index (χ0n) is 40.5. The highest BCUT2D eigenvalue weighted by atomic mass is 16.6. The second-order valence-corrected chi connectivity index (χ2v) is 19.7. The van der Waals surface area contributed by atoms with E-state index in [1.165, 1.54) is 43.8 Å². The van der Waals surface area contributed by atoms with Crippen molar-refractivity contribution in [1.29, 1.82) is 0 Å². The Morgan fingerprint density at radius 1 is 0.800 bits per heavy atom. The number of hydrogen-bond acceptors (Lipinski definition) is 12. The number of rotatable bonds is 27. The SMILES string of the molecule is CCCCCCCCOCCOCCOCCOCCOC(=O)/C=C/C[C@@]12OC(C)(C)C3C[C@@H](CC4C(=O)c5c(O)c6c(c(CC=C(C)C)c5O[C@]431)O[C@](C)(CCC=C(C)C)C=C6)C2=O. The van der Waals surface area contributed by atoms with Gasteiger partial charge in [-0.25, -0.2) is 4.79 Å². The van der Waals surface area contributed by atoms with Gasteiger partial charge in [0, 0.05) is 36.5 Å². The second kappa shape index (κ2) is 22.3. The van der Waals surface area contributed by atoms with Gasteiger partial charge in [0.2, 0.25) is 0 Å². The van der Waals surface area contributed by atoms with Crippen LogP contribution in [0.4, 0.5) is 0 Å². The van der Waals surface area contributed by atoms with E-state index in [0.29, 0.717) is 82.2 Å². The number of aromatic hydroxyl groups is 1. The van der Waals surface area contributed by atoms with Crippen molar-refractivity contribution in [3.63, 3.8) is 0 Å². The van der Waals surface area contributed by atoms with Crippen LogP contribution in [0.15, 0.2) is 41.5 Å². The average Bonchev–Trinajstić information content (AvgIpc) is 3.40. The van der Waals surface area contributed by atoms with Crippen LogP contribution >= 0.6 is 0 Å². The topological polar surface area (TPSA) is 145 Å². The molecule has 1 saturated heterocycles. The van der Waals surface area contributed by atoms with E-state index in [1.54, 1.807) is 6.08 Å². The number of benzene rings is 1. The van der Waals surface area contributed by atoms with Crippen LogP contribution in [-0.2, 0) is 44.4 Å². The quantitative estimate of drug-likeness (QED) is 0.0388. The van der Waals surface area contributed by atoms with Gasteiger partial charge in [-0.3, -0.25) is 9.59 Å². The first-order valence-corrected chi connectivity index (χ1v) is 24.3. The lowest BCUT2D eigenvalue weighted by atomic mass is 9.46. The van der Waals surface area contributed by atoms with Gasteiger partial charge >= 0.3 is 5.97 Å². The number of unbranched alkanes of at least 4 members (excludes halogenated alkanes) is 5. The maximum absolute atomic E-state index is 15.1. The maximum atomic E-state index is 15.1. The fraction of sp³-hybridized carbons (Fsp3) is 0.679. The second-order valence-electron chi connectivity index (χ2n) is 19.7. The van der Waals surface area contributed by atoms with E-state index in [0.717, 1.165) is 25.0 Å². The minimum Gasteiger partial charge on any atom is -0.506 e. The van der Waals surface area contributed by atoms with Crippen LogP contribution in [-0.4, -0.2) is 105 Å². The number of esters is 1. The van der Waals surface area contributed by atoms with Crippen molar-refractivity contribution in [3.05, 3.63) is 58.2 Å². The van der Waals surface area contributed by atoms with Gasteiger partial charge in [0.05, 0.1) is 63.3 Å².